The van der Waals surface area contributed by atoms with Crippen molar-refractivity contribution in [3.63, 3.8) is 0 Å². The summed E-state index contributed by atoms with van der Waals surface area (Å²) in [6, 6.07) is 6.39. The second kappa shape index (κ2) is 8.47. The van der Waals surface area contributed by atoms with E-state index in [1.165, 1.54) is 20.5 Å². The van der Waals surface area contributed by atoms with Crippen molar-refractivity contribution in [2.24, 2.45) is 0 Å². The lowest BCUT2D eigenvalue weighted by molar-refractivity contribution is 0.0925. The highest BCUT2D eigenvalue weighted by atomic mass is 16.5. The van der Waals surface area contributed by atoms with Crippen molar-refractivity contribution in [1.82, 2.24) is 15.3 Å². The fourth-order valence-corrected chi connectivity index (χ4v) is 2.62. The van der Waals surface area contributed by atoms with E-state index < -0.39 is 6.98 Å². The third-order valence-corrected chi connectivity index (χ3v) is 4.05. The van der Waals surface area contributed by atoms with E-state index in [1.54, 1.807) is 24.3 Å². The topological polar surface area (TPSA) is 116 Å². The lowest BCUT2D eigenvalue weighted by atomic mass is 10.2. The number of amides is 1. The molecular weight excluding hydrogens is 362 g/mol. The molecule has 2 heterocycles. The molecular formula is C19H23N5O4. The number of nitrogens with two attached hydrogens (primary N) is 1. The molecule has 0 aliphatic heterocycles. The van der Waals surface area contributed by atoms with Gasteiger partial charge in [0.2, 0.25) is 5.95 Å². The Labute approximate surface area is 166 Å². The summed E-state index contributed by atoms with van der Waals surface area (Å²) in [6.45, 7) is -2.21. The molecule has 1 aromatic carbocycles. The van der Waals surface area contributed by atoms with E-state index in [-0.39, 0.29) is 36.5 Å². The minimum Gasteiger partial charge on any atom is -0.493 e. The quantitative estimate of drug-likeness (QED) is 0.564. The summed E-state index contributed by atoms with van der Waals surface area (Å²) in [7, 11) is 2.98. The molecule has 0 atom stereocenters. The summed E-state index contributed by atoms with van der Waals surface area (Å²) in [5, 5.41) is 3.18. The zero-order valence-electron chi connectivity index (χ0n) is 18.6. The Morgan fingerprint density at radius 1 is 1.32 bits per heavy atom. The van der Waals surface area contributed by atoms with Gasteiger partial charge in [-0.3, -0.25) is 4.79 Å². The fourth-order valence-electron chi connectivity index (χ4n) is 2.62. The number of methoxy groups -OCH3 is 2. The maximum atomic E-state index is 11.9. The fraction of sp³-hybridized carbons (Fsp3) is 0.316. The van der Waals surface area contributed by atoms with E-state index in [9.17, 15) is 4.79 Å². The third-order valence-electron chi connectivity index (χ3n) is 4.05. The Balaban J connectivity index is 1.80. The Morgan fingerprint density at radius 2 is 2.11 bits per heavy atom. The van der Waals surface area contributed by atoms with Crippen LogP contribution in [0.1, 0.15) is 21.1 Å². The van der Waals surface area contributed by atoms with Crippen LogP contribution in [0.4, 0.5) is 11.8 Å². The first-order valence-electron chi connectivity index (χ1n) is 10.0. The molecule has 1 amide bonds. The van der Waals surface area contributed by atoms with E-state index in [1.807, 2.05) is 0 Å². The molecule has 0 aliphatic carbocycles. The molecule has 28 heavy (non-hydrogen) atoms. The van der Waals surface area contributed by atoms with Crippen molar-refractivity contribution < 1.29 is 22.8 Å². The summed E-state index contributed by atoms with van der Waals surface area (Å²) in [6.07, 6.45) is 1.73. The number of anilines is 2. The van der Waals surface area contributed by atoms with Crippen LogP contribution in [0.5, 0.6) is 11.5 Å². The number of benzene rings is 1. The second-order valence-electron chi connectivity index (χ2n) is 5.87. The molecule has 0 saturated heterocycles. The van der Waals surface area contributed by atoms with E-state index in [2.05, 4.69) is 15.3 Å². The molecule has 3 rings (SSSR count). The predicted octanol–water partition coefficient (Wildman–Crippen LogP) is 2.08. The summed E-state index contributed by atoms with van der Waals surface area (Å²) in [4.78, 5) is 21.6. The van der Waals surface area contributed by atoms with Gasteiger partial charge >= 0.3 is 0 Å². The Bertz CT molecular complexity index is 1060. The predicted molar refractivity (Wildman–Crippen MR) is 106 cm³/mol. The minimum atomic E-state index is -2.51. The molecule has 2 aromatic heterocycles. The normalized spacial score (nSPS) is 12.7. The van der Waals surface area contributed by atoms with Crippen LogP contribution in [0.25, 0.3) is 10.9 Å². The van der Waals surface area contributed by atoms with Gasteiger partial charge in [-0.1, -0.05) is 0 Å². The largest absolute Gasteiger partial charge is 0.493 e. The maximum Gasteiger partial charge on any atom is 0.286 e. The number of carbonyl (C=O) groups excluding carboxylic acids is 1. The first-order valence-corrected chi connectivity index (χ1v) is 8.53. The van der Waals surface area contributed by atoms with Gasteiger partial charge in [-0.2, -0.15) is 4.98 Å². The van der Waals surface area contributed by atoms with Crippen molar-refractivity contribution in [3.8, 4) is 11.5 Å². The Hall–Kier alpha value is -3.49. The monoisotopic (exact) mass is 388 g/mol. The zero-order valence-corrected chi connectivity index (χ0v) is 15.6. The number of fused-ring (bicyclic) bond motifs is 1. The van der Waals surface area contributed by atoms with Gasteiger partial charge in [0, 0.05) is 35.6 Å². The van der Waals surface area contributed by atoms with Crippen LogP contribution in [-0.2, 0) is 0 Å². The van der Waals surface area contributed by atoms with Crippen LogP contribution in [-0.4, -0.2) is 50.2 Å². The molecule has 0 unspecified atom stereocenters. The highest BCUT2D eigenvalue weighted by Crippen LogP contribution is 2.33. The number of carbonyl (C=O) groups is 1. The first kappa shape index (κ1) is 15.6. The van der Waals surface area contributed by atoms with Crippen LogP contribution in [0.3, 0.4) is 0 Å². The van der Waals surface area contributed by atoms with Crippen LogP contribution < -0.4 is 25.4 Å². The molecule has 0 saturated carbocycles. The highest BCUT2D eigenvalue weighted by Gasteiger charge is 2.14. The number of furan rings is 1. The number of ether oxygens (including phenoxy) is 2. The lowest BCUT2D eigenvalue weighted by Gasteiger charge is -2.18. The molecule has 0 radical (unpaired) electrons. The summed E-state index contributed by atoms with van der Waals surface area (Å²) >= 11 is 0. The van der Waals surface area contributed by atoms with Crippen LogP contribution >= 0.6 is 0 Å². The lowest BCUT2D eigenvalue weighted by Crippen LogP contribution is -2.28. The number of hydrogen-bond acceptors (Lipinski definition) is 8. The van der Waals surface area contributed by atoms with Gasteiger partial charge in [-0.05, 0) is 24.6 Å². The van der Waals surface area contributed by atoms with Crippen molar-refractivity contribution >= 4 is 28.6 Å². The zero-order chi connectivity index (χ0) is 22.6. The highest BCUT2D eigenvalue weighted by molar-refractivity contribution is 5.92. The molecule has 0 spiro atoms. The number of rotatable bonds is 8. The number of hydrogen-bond donors (Lipinski definition) is 2. The number of nitrogens with one attached hydrogen (secondary N) is 1. The molecule has 0 aliphatic rings. The number of aromatic nitrogens is 2. The van der Waals surface area contributed by atoms with Crippen LogP contribution in [0, 0.1) is 0 Å². The smallest absolute Gasteiger partial charge is 0.286 e. The van der Waals surface area contributed by atoms with Gasteiger partial charge in [0.15, 0.2) is 17.3 Å². The van der Waals surface area contributed by atoms with Crippen molar-refractivity contribution in [2.45, 2.75) is 6.42 Å². The Morgan fingerprint density at radius 3 is 2.79 bits per heavy atom. The van der Waals surface area contributed by atoms with Crippen molar-refractivity contribution in [1.29, 1.82) is 0 Å². The second-order valence-corrected chi connectivity index (χ2v) is 5.87. The standard InChI is InChI=1S/C19H23N5O4/c1-24(8-5-7-21-18(25)14-6-4-9-28-14)19-22-13-11-16(27-3)15(26-2)10-12(13)17(20)23-19/h4,6,9-11H,5,7-8H2,1-3H3,(H,21,25)(H2,20,22,23)/i1D3. The molecule has 9 nitrogen and oxygen atoms in total. The molecule has 3 aromatic rings. The molecule has 148 valence electrons. The average Bonchev–Trinajstić information content (AvgIpc) is 3.26. The van der Waals surface area contributed by atoms with Gasteiger partial charge in [0.1, 0.15) is 5.82 Å². The van der Waals surface area contributed by atoms with Crippen LogP contribution in [0.15, 0.2) is 34.9 Å². The van der Waals surface area contributed by atoms with E-state index >= 15 is 0 Å². The molecule has 0 bridgehead atoms. The van der Waals surface area contributed by atoms with Gasteiger partial charge in [0.05, 0.1) is 26.0 Å². The van der Waals surface area contributed by atoms with Gasteiger partial charge in [0.25, 0.3) is 5.91 Å². The van der Waals surface area contributed by atoms with Gasteiger partial charge < -0.3 is 29.8 Å². The number of nitrogens with zero attached hydrogens (tertiary/aromatic N) is 3. The Kier molecular flexibility index (Phi) is 4.70. The summed E-state index contributed by atoms with van der Waals surface area (Å²) < 4.78 is 39.2. The molecule has 9 heteroatoms. The van der Waals surface area contributed by atoms with Crippen molar-refractivity contribution in [2.75, 3.05) is 44.9 Å². The maximum absolute atomic E-state index is 11.9. The van der Waals surface area contributed by atoms with Gasteiger partial charge in [-0.25, -0.2) is 4.98 Å². The van der Waals surface area contributed by atoms with Crippen LogP contribution in [0.2, 0.25) is 0 Å². The number of nitrogen functional groups attached to an aromatic ring is 1. The summed E-state index contributed by atoms with van der Waals surface area (Å²) in [5.74, 6) is 0.759. The third kappa shape index (κ3) is 4.08. The minimum absolute atomic E-state index is 0.0467. The molecule has 3 N–H and O–H groups in total. The van der Waals surface area contributed by atoms with E-state index in [0.717, 1.165) is 4.90 Å². The SMILES string of the molecule is [2H]C([2H])([2H])N(CCCNC(=O)c1ccco1)c1nc(N)c2cc(OC)c(OC)cc2n1. The molecule has 0 fully saturated rings. The first-order chi connectivity index (χ1) is 14.7. The summed E-state index contributed by atoms with van der Waals surface area (Å²) in [5.41, 5.74) is 6.49. The average molecular weight is 388 g/mol. The van der Waals surface area contributed by atoms with E-state index in [0.29, 0.717) is 28.8 Å². The van der Waals surface area contributed by atoms with Gasteiger partial charge in [-0.15, -0.1) is 0 Å². The van der Waals surface area contributed by atoms with E-state index in [4.69, 9.17) is 23.7 Å². The van der Waals surface area contributed by atoms with Crippen molar-refractivity contribution in [3.05, 3.63) is 36.3 Å².